The number of aliphatic carboxylic acids is 1. The van der Waals surface area contributed by atoms with E-state index in [0.717, 1.165) is 16.5 Å². The normalized spacial score (nSPS) is 14.1. The lowest BCUT2D eigenvalue weighted by molar-refractivity contribution is -0.142. The van der Waals surface area contributed by atoms with Crippen molar-refractivity contribution < 1.29 is 24.3 Å². The number of amides is 3. The average molecular weight is 592 g/mol. The first-order valence-electron chi connectivity index (χ1n) is 14.0. The van der Waals surface area contributed by atoms with Gasteiger partial charge in [0.2, 0.25) is 17.7 Å². The third kappa shape index (κ3) is 11.3. The van der Waals surface area contributed by atoms with Crippen molar-refractivity contribution >= 4 is 46.4 Å². The summed E-state index contributed by atoms with van der Waals surface area (Å²) in [6.45, 7) is 0.846. The van der Waals surface area contributed by atoms with Gasteiger partial charge in [-0.25, -0.2) is 4.79 Å². The molecule has 0 fully saturated rings. The largest absolute Gasteiger partial charge is 0.480 e. The Hall–Kier alpha value is -3.13. The molecule has 1 aromatic carbocycles. The number of aromatic nitrogens is 1. The van der Waals surface area contributed by atoms with Crippen LogP contribution in [0.3, 0.4) is 0 Å². The number of carboxylic acids is 1. The van der Waals surface area contributed by atoms with Gasteiger partial charge in [-0.15, -0.1) is 0 Å². The van der Waals surface area contributed by atoms with Gasteiger partial charge in [0.05, 0.1) is 6.04 Å². The first kappa shape index (κ1) is 34.1. The van der Waals surface area contributed by atoms with E-state index in [0.29, 0.717) is 57.4 Å². The van der Waals surface area contributed by atoms with Gasteiger partial charge >= 0.3 is 5.97 Å². The number of H-pyrrole nitrogens is 1. The second-order valence-electron chi connectivity index (χ2n) is 10.0. The second kappa shape index (κ2) is 18.3. The van der Waals surface area contributed by atoms with E-state index in [1.54, 1.807) is 18.0 Å². The fourth-order valence-corrected chi connectivity index (χ4v) is 4.93. The minimum absolute atomic E-state index is 0.0558. The zero-order valence-corrected chi connectivity index (χ0v) is 24.5. The highest BCUT2D eigenvalue weighted by molar-refractivity contribution is 7.98. The van der Waals surface area contributed by atoms with Crippen molar-refractivity contribution in [1.82, 2.24) is 20.9 Å². The molecule has 1 heterocycles. The molecule has 0 aliphatic carbocycles. The first-order valence-corrected chi connectivity index (χ1v) is 15.4. The summed E-state index contributed by atoms with van der Waals surface area (Å²) in [7, 11) is 0. The van der Waals surface area contributed by atoms with Crippen LogP contribution in [0.4, 0.5) is 0 Å². The number of nitrogens with one attached hydrogen (secondary N) is 4. The Kier molecular flexibility index (Phi) is 15.2. The van der Waals surface area contributed by atoms with Crippen molar-refractivity contribution in [3.8, 4) is 0 Å². The number of carbonyl (C=O) groups is 4. The predicted molar refractivity (Wildman–Crippen MR) is 162 cm³/mol. The summed E-state index contributed by atoms with van der Waals surface area (Å²) in [6.07, 6.45) is 7.14. The molecule has 13 heteroatoms. The predicted octanol–water partition coefficient (Wildman–Crippen LogP) is 0.588. The van der Waals surface area contributed by atoms with Crippen LogP contribution < -0.4 is 33.2 Å². The molecule has 0 spiro atoms. The number of hydrogen-bond donors (Lipinski definition) is 8. The van der Waals surface area contributed by atoms with Crippen LogP contribution in [0.15, 0.2) is 30.5 Å². The molecule has 3 amide bonds. The van der Waals surface area contributed by atoms with E-state index < -0.39 is 47.9 Å². The Labute approximate surface area is 245 Å². The van der Waals surface area contributed by atoms with Crippen molar-refractivity contribution in [3.63, 3.8) is 0 Å². The van der Waals surface area contributed by atoms with Crippen molar-refractivity contribution in [1.29, 1.82) is 0 Å². The number of nitrogens with two attached hydrogens (primary N) is 3. The van der Waals surface area contributed by atoms with Crippen LogP contribution in [0.25, 0.3) is 10.9 Å². The lowest BCUT2D eigenvalue weighted by Crippen LogP contribution is -2.57. The Balaban J connectivity index is 2.16. The highest BCUT2D eigenvalue weighted by atomic mass is 32.2. The number of rotatable bonds is 20. The van der Waals surface area contributed by atoms with Gasteiger partial charge in [0.25, 0.3) is 0 Å². The molecule has 2 rings (SSSR count). The highest BCUT2D eigenvalue weighted by Crippen LogP contribution is 2.19. The van der Waals surface area contributed by atoms with Crippen molar-refractivity contribution in [2.45, 2.75) is 75.5 Å². The third-order valence-corrected chi connectivity index (χ3v) is 7.49. The summed E-state index contributed by atoms with van der Waals surface area (Å²) >= 11 is 1.57. The maximum atomic E-state index is 13.4. The number of benzene rings is 1. The number of thioether (sulfide) groups is 1. The molecule has 4 atom stereocenters. The molecule has 0 saturated heterocycles. The van der Waals surface area contributed by atoms with Crippen LogP contribution in [-0.2, 0) is 25.6 Å². The molecule has 4 unspecified atom stereocenters. The quantitative estimate of drug-likeness (QED) is 0.101. The Morgan fingerprint density at radius 2 is 1.41 bits per heavy atom. The molecule has 0 bridgehead atoms. The van der Waals surface area contributed by atoms with Crippen LogP contribution in [0, 0.1) is 0 Å². The molecule has 0 radical (unpaired) electrons. The van der Waals surface area contributed by atoms with Gasteiger partial charge in [0, 0.05) is 23.5 Å². The summed E-state index contributed by atoms with van der Waals surface area (Å²) in [5.74, 6) is -2.09. The van der Waals surface area contributed by atoms with E-state index in [1.807, 2.05) is 30.5 Å². The van der Waals surface area contributed by atoms with Crippen LogP contribution >= 0.6 is 11.8 Å². The SMILES string of the molecule is CSCCC(N)C(=O)NC(CCCCN)C(=O)NC(CCCCN)C(=O)NC(Cc1c[nH]c2ccccc12)C(=O)O. The second-order valence-corrected chi connectivity index (χ2v) is 11.0. The standard InChI is InChI=1S/C28H45N7O5S/c1-41-15-12-20(31)25(36)33-22(10-4-6-13-29)26(37)34-23(11-5-7-14-30)27(38)35-24(28(39)40)16-18-17-32-21-9-3-2-8-19(18)21/h2-3,8-9,17,20,22-24,32H,4-7,10-16,29-31H2,1H3,(H,33,36)(H,34,37)(H,35,38)(H,39,40). The Morgan fingerprint density at radius 3 is 1.98 bits per heavy atom. The number of aromatic amines is 1. The molecular weight excluding hydrogens is 546 g/mol. The van der Waals surface area contributed by atoms with Crippen LogP contribution in [0.1, 0.15) is 50.5 Å². The van der Waals surface area contributed by atoms with Gasteiger partial charge in [-0.2, -0.15) is 11.8 Å². The number of unbranched alkanes of at least 4 members (excludes halogenated alkanes) is 2. The van der Waals surface area contributed by atoms with E-state index in [4.69, 9.17) is 17.2 Å². The fraction of sp³-hybridized carbons (Fsp3) is 0.571. The number of carboxylic acid groups (broad SMARTS) is 1. The topological polar surface area (TPSA) is 218 Å². The van der Waals surface area contributed by atoms with Crippen LogP contribution in [0.5, 0.6) is 0 Å². The lowest BCUT2D eigenvalue weighted by Gasteiger charge is -2.25. The molecule has 0 aliphatic rings. The minimum Gasteiger partial charge on any atom is -0.480 e. The maximum Gasteiger partial charge on any atom is 0.326 e. The van der Waals surface area contributed by atoms with E-state index in [-0.39, 0.29) is 12.8 Å². The van der Waals surface area contributed by atoms with Gasteiger partial charge in [0.1, 0.15) is 18.1 Å². The molecule has 12 nitrogen and oxygen atoms in total. The third-order valence-electron chi connectivity index (χ3n) is 6.84. The summed E-state index contributed by atoms with van der Waals surface area (Å²) in [6, 6.07) is 3.58. The fourth-order valence-electron chi connectivity index (χ4n) is 4.44. The number of para-hydroxylation sites is 1. The number of fused-ring (bicyclic) bond motifs is 1. The maximum absolute atomic E-state index is 13.4. The number of carbonyl (C=O) groups excluding carboxylic acids is 3. The Bertz CT molecular complexity index is 1130. The molecule has 1 aromatic heterocycles. The molecule has 0 aliphatic heterocycles. The van der Waals surface area contributed by atoms with E-state index >= 15 is 0 Å². The van der Waals surface area contributed by atoms with Crippen LogP contribution in [0.2, 0.25) is 0 Å². The summed E-state index contributed by atoms with van der Waals surface area (Å²) in [5, 5.41) is 18.8. The molecular formula is C28H45N7O5S. The molecule has 41 heavy (non-hydrogen) atoms. The van der Waals surface area contributed by atoms with Gasteiger partial charge in [-0.1, -0.05) is 18.2 Å². The summed E-state index contributed by atoms with van der Waals surface area (Å²) in [4.78, 5) is 54.6. The summed E-state index contributed by atoms with van der Waals surface area (Å²) < 4.78 is 0. The summed E-state index contributed by atoms with van der Waals surface area (Å²) in [5.41, 5.74) is 18.8. The van der Waals surface area contributed by atoms with Gasteiger partial charge in [-0.05, 0) is 81.7 Å². The zero-order chi connectivity index (χ0) is 30.2. The van der Waals surface area contributed by atoms with Crippen LogP contribution in [-0.4, -0.2) is 83.0 Å². The molecule has 2 aromatic rings. The van der Waals surface area contributed by atoms with E-state index in [2.05, 4.69) is 20.9 Å². The minimum atomic E-state index is -1.22. The van der Waals surface area contributed by atoms with E-state index in [9.17, 15) is 24.3 Å². The van der Waals surface area contributed by atoms with Gasteiger partial charge in [0.15, 0.2) is 0 Å². The average Bonchev–Trinajstić information content (AvgIpc) is 3.37. The smallest absolute Gasteiger partial charge is 0.326 e. The first-order chi connectivity index (χ1) is 19.7. The van der Waals surface area contributed by atoms with E-state index in [1.165, 1.54) is 0 Å². The molecule has 228 valence electrons. The number of hydrogen-bond acceptors (Lipinski definition) is 8. The van der Waals surface area contributed by atoms with Gasteiger partial charge in [-0.3, -0.25) is 14.4 Å². The van der Waals surface area contributed by atoms with Crippen molar-refractivity contribution in [2.24, 2.45) is 17.2 Å². The lowest BCUT2D eigenvalue weighted by atomic mass is 10.0. The Morgan fingerprint density at radius 1 is 0.854 bits per heavy atom. The van der Waals surface area contributed by atoms with Gasteiger partial charge < -0.3 is 43.2 Å². The monoisotopic (exact) mass is 591 g/mol. The van der Waals surface area contributed by atoms with Crippen molar-refractivity contribution in [3.05, 3.63) is 36.0 Å². The highest BCUT2D eigenvalue weighted by Gasteiger charge is 2.30. The molecule has 0 saturated carbocycles. The zero-order valence-electron chi connectivity index (χ0n) is 23.7. The van der Waals surface area contributed by atoms with Crippen molar-refractivity contribution in [2.75, 3.05) is 25.1 Å². The molecule has 11 N–H and O–H groups in total.